The van der Waals surface area contributed by atoms with E-state index in [-0.39, 0.29) is 5.25 Å². The van der Waals surface area contributed by atoms with Gasteiger partial charge in [0, 0.05) is 47.3 Å². The number of aryl methyl sites for hydroxylation is 1. The van der Waals surface area contributed by atoms with Crippen LogP contribution in [0.25, 0.3) is 0 Å². The number of nitrogens with one attached hydrogen (secondary N) is 2. The van der Waals surface area contributed by atoms with E-state index in [4.69, 9.17) is 0 Å². The van der Waals surface area contributed by atoms with Crippen LogP contribution in [0, 0.1) is 6.92 Å². The quantitative estimate of drug-likeness (QED) is 0.755. The monoisotopic (exact) mass is 215 g/mol. The van der Waals surface area contributed by atoms with Crippen LogP contribution < -0.4 is 5.32 Å². The molecule has 0 radical (unpaired) electrons. The molecule has 0 saturated carbocycles. The molecule has 14 heavy (non-hydrogen) atoms. The molecule has 5 heteroatoms. The SMILES string of the molecule is Cc1ncc(CNCC(C)S(C)=O)[nH]1. The van der Waals surface area contributed by atoms with Crippen LogP contribution in [-0.2, 0) is 17.3 Å². The standard InChI is InChI=1S/C9H17N3OS/c1-7(14(3)13)4-10-5-9-6-11-8(2)12-9/h6-7,10H,4-5H2,1-3H3,(H,11,12). The molecule has 2 unspecified atom stereocenters. The Morgan fingerprint density at radius 1 is 1.71 bits per heavy atom. The van der Waals surface area contributed by atoms with E-state index < -0.39 is 10.8 Å². The number of rotatable bonds is 5. The van der Waals surface area contributed by atoms with Crippen molar-refractivity contribution in [3.05, 3.63) is 17.7 Å². The summed E-state index contributed by atoms with van der Waals surface area (Å²) >= 11 is 0. The highest BCUT2D eigenvalue weighted by molar-refractivity contribution is 7.84. The van der Waals surface area contributed by atoms with Gasteiger partial charge in [0.05, 0.1) is 0 Å². The summed E-state index contributed by atoms with van der Waals surface area (Å²) in [5.74, 6) is 0.925. The zero-order chi connectivity index (χ0) is 10.6. The molecule has 0 aromatic carbocycles. The third-order valence-electron chi connectivity index (χ3n) is 2.07. The average molecular weight is 215 g/mol. The molecule has 1 aromatic heterocycles. The van der Waals surface area contributed by atoms with Gasteiger partial charge < -0.3 is 10.3 Å². The minimum absolute atomic E-state index is 0.194. The molecular weight excluding hydrogens is 198 g/mol. The minimum Gasteiger partial charge on any atom is -0.345 e. The largest absolute Gasteiger partial charge is 0.345 e. The zero-order valence-electron chi connectivity index (χ0n) is 8.83. The van der Waals surface area contributed by atoms with E-state index in [9.17, 15) is 4.21 Å². The maximum absolute atomic E-state index is 11.0. The first-order chi connectivity index (χ1) is 6.59. The fraction of sp³-hybridized carbons (Fsp3) is 0.667. The number of nitrogens with zero attached hydrogens (tertiary/aromatic N) is 1. The molecule has 0 bridgehead atoms. The highest BCUT2D eigenvalue weighted by Gasteiger charge is 2.05. The lowest BCUT2D eigenvalue weighted by atomic mass is 10.4. The summed E-state index contributed by atoms with van der Waals surface area (Å²) in [6.45, 7) is 5.41. The Morgan fingerprint density at radius 3 is 2.93 bits per heavy atom. The topological polar surface area (TPSA) is 57.8 Å². The van der Waals surface area contributed by atoms with Crippen molar-refractivity contribution in [1.29, 1.82) is 0 Å². The van der Waals surface area contributed by atoms with Gasteiger partial charge in [0.25, 0.3) is 0 Å². The van der Waals surface area contributed by atoms with Crippen LogP contribution in [0.15, 0.2) is 6.20 Å². The third kappa shape index (κ3) is 3.59. The molecule has 1 aromatic rings. The lowest BCUT2D eigenvalue weighted by Gasteiger charge is -2.08. The first-order valence-electron chi connectivity index (χ1n) is 4.63. The molecule has 2 N–H and O–H groups in total. The lowest BCUT2D eigenvalue weighted by molar-refractivity contribution is 0.643. The van der Waals surface area contributed by atoms with Crippen LogP contribution in [0.2, 0.25) is 0 Å². The molecule has 0 saturated heterocycles. The Balaban J connectivity index is 2.25. The fourth-order valence-electron chi connectivity index (χ4n) is 1.09. The summed E-state index contributed by atoms with van der Waals surface area (Å²) in [5.41, 5.74) is 1.07. The predicted molar refractivity (Wildman–Crippen MR) is 58.6 cm³/mol. The molecule has 80 valence electrons. The second-order valence-electron chi connectivity index (χ2n) is 3.43. The number of aromatic nitrogens is 2. The molecule has 0 amide bonds. The normalized spacial score (nSPS) is 15.4. The number of hydrogen-bond acceptors (Lipinski definition) is 3. The van der Waals surface area contributed by atoms with Crippen LogP contribution in [0.5, 0.6) is 0 Å². The molecule has 4 nitrogen and oxygen atoms in total. The maximum atomic E-state index is 11.0. The first-order valence-corrected chi connectivity index (χ1v) is 6.25. The molecule has 0 fully saturated rings. The van der Waals surface area contributed by atoms with Crippen molar-refractivity contribution in [2.45, 2.75) is 25.6 Å². The fourth-order valence-corrected chi connectivity index (χ4v) is 1.44. The molecular formula is C9H17N3OS. The van der Waals surface area contributed by atoms with Gasteiger partial charge in [-0.15, -0.1) is 0 Å². The summed E-state index contributed by atoms with van der Waals surface area (Å²) in [6, 6.07) is 0. The molecule has 0 spiro atoms. The van der Waals surface area contributed by atoms with Gasteiger partial charge in [-0.05, 0) is 13.8 Å². The number of H-pyrrole nitrogens is 1. The molecule has 1 heterocycles. The van der Waals surface area contributed by atoms with Gasteiger partial charge in [-0.2, -0.15) is 0 Å². The Kier molecular flexibility index (Phi) is 4.28. The average Bonchev–Trinajstić information content (AvgIpc) is 2.51. The van der Waals surface area contributed by atoms with Crippen LogP contribution in [0.1, 0.15) is 18.4 Å². The highest BCUT2D eigenvalue weighted by Crippen LogP contribution is 1.95. The molecule has 0 aliphatic heterocycles. The Labute approximate surface area is 87.0 Å². The van der Waals surface area contributed by atoms with E-state index in [1.165, 1.54) is 0 Å². The predicted octanol–water partition coefficient (Wildman–Crippen LogP) is 0.575. The van der Waals surface area contributed by atoms with E-state index >= 15 is 0 Å². The highest BCUT2D eigenvalue weighted by atomic mass is 32.2. The van der Waals surface area contributed by atoms with Gasteiger partial charge in [-0.25, -0.2) is 4.98 Å². The van der Waals surface area contributed by atoms with Gasteiger partial charge in [0.1, 0.15) is 5.82 Å². The van der Waals surface area contributed by atoms with Gasteiger partial charge in [-0.3, -0.25) is 4.21 Å². The summed E-state index contributed by atoms with van der Waals surface area (Å²) < 4.78 is 11.0. The molecule has 0 aliphatic carbocycles. The second kappa shape index (κ2) is 5.26. The Bertz CT molecular complexity index is 311. The summed E-state index contributed by atoms with van der Waals surface area (Å²) in [6.07, 6.45) is 3.54. The smallest absolute Gasteiger partial charge is 0.103 e. The summed E-state index contributed by atoms with van der Waals surface area (Å²) in [5, 5.41) is 3.43. The minimum atomic E-state index is -0.751. The van der Waals surface area contributed by atoms with E-state index in [0.717, 1.165) is 24.6 Å². The third-order valence-corrected chi connectivity index (χ3v) is 3.37. The van der Waals surface area contributed by atoms with Crippen molar-refractivity contribution < 1.29 is 4.21 Å². The van der Waals surface area contributed by atoms with Crippen molar-refractivity contribution in [1.82, 2.24) is 15.3 Å². The van der Waals surface area contributed by atoms with Gasteiger partial charge in [0.2, 0.25) is 0 Å². The maximum Gasteiger partial charge on any atom is 0.103 e. The first kappa shape index (κ1) is 11.4. The summed E-state index contributed by atoms with van der Waals surface area (Å²) in [7, 11) is -0.751. The van der Waals surface area contributed by atoms with Crippen LogP contribution in [0.3, 0.4) is 0 Å². The lowest BCUT2D eigenvalue weighted by Crippen LogP contribution is -2.27. The van der Waals surface area contributed by atoms with Crippen LogP contribution >= 0.6 is 0 Å². The number of aromatic amines is 1. The van der Waals surface area contributed by atoms with Crippen molar-refractivity contribution in [3.63, 3.8) is 0 Å². The van der Waals surface area contributed by atoms with Gasteiger partial charge in [0.15, 0.2) is 0 Å². The van der Waals surface area contributed by atoms with Crippen LogP contribution in [0.4, 0.5) is 0 Å². The summed E-state index contributed by atoms with van der Waals surface area (Å²) in [4.78, 5) is 7.22. The van der Waals surface area contributed by atoms with Crippen molar-refractivity contribution in [3.8, 4) is 0 Å². The number of hydrogen-bond donors (Lipinski definition) is 2. The van der Waals surface area contributed by atoms with Gasteiger partial charge >= 0.3 is 0 Å². The van der Waals surface area contributed by atoms with Crippen LogP contribution in [-0.4, -0.2) is 32.2 Å². The van der Waals surface area contributed by atoms with Crippen molar-refractivity contribution in [2.24, 2.45) is 0 Å². The Hall–Kier alpha value is -0.680. The second-order valence-corrected chi connectivity index (χ2v) is 5.24. The molecule has 2 atom stereocenters. The van der Waals surface area contributed by atoms with E-state index in [1.54, 1.807) is 6.26 Å². The molecule has 1 rings (SSSR count). The van der Waals surface area contributed by atoms with Gasteiger partial charge in [-0.1, -0.05) is 0 Å². The van der Waals surface area contributed by atoms with E-state index in [1.807, 2.05) is 20.0 Å². The van der Waals surface area contributed by atoms with E-state index in [0.29, 0.717) is 0 Å². The van der Waals surface area contributed by atoms with Crippen molar-refractivity contribution in [2.75, 3.05) is 12.8 Å². The molecule has 0 aliphatic rings. The Morgan fingerprint density at radius 2 is 2.43 bits per heavy atom. The van der Waals surface area contributed by atoms with E-state index in [2.05, 4.69) is 15.3 Å². The number of imidazole rings is 1. The van der Waals surface area contributed by atoms with Crippen molar-refractivity contribution >= 4 is 10.8 Å². The zero-order valence-corrected chi connectivity index (χ0v) is 9.65.